The Kier molecular flexibility index (Phi) is 6.57. The second-order valence-electron chi connectivity index (χ2n) is 6.51. The van der Waals surface area contributed by atoms with E-state index in [1.165, 1.54) is 21.2 Å². The number of hydrogen-bond acceptors (Lipinski definition) is 2. The van der Waals surface area contributed by atoms with Gasteiger partial charge in [0.25, 0.3) is 0 Å². The van der Waals surface area contributed by atoms with Crippen LogP contribution in [0.1, 0.15) is 0 Å². The molecule has 3 aromatic rings. The van der Waals surface area contributed by atoms with Crippen LogP contribution in [0.3, 0.4) is 0 Å². The number of rotatable bonds is 6. The summed E-state index contributed by atoms with van der Waals surface area (Å²) in [5.74, 6) is 0. The van der Waals surface area contributed by atoms with Crippen LogP contribution in [0.5, 0.6) is 0 Å². The highest BCUT2D eigenvalue weighted by Crippen LogP contribution is 2.38. The Morgan fingerprint density at radius 2 is 0.692 bits per heavy atom. The predicted octanol–water partition coefficient (Wildman–Crippen LogP) is 3.51. The normalized spacial score (nSPS) is 13.8. The zero-order valence-corrected chi connectivity index (χ0v) is 17.7. The summed E-state index contributed by atoms with van der Waals surface area (Å²) in [6.45, 7) is 0. The lowest BCUT2D eigenvalue weighted by atomic mass is 10.4. The number of benzene rings is 3. The first-order valence-corrected chi connectivity index (χ1v) is 11.3. The maximum atomic E-state index is 2.34. The van der Waals surface area contributed by atoms with Crippen molar-refractivity contribution in [2.75, 3.05) is 28.2 Å². The van der Waals surface area contributed by atoms with Crippen LogP contribution in [0.2, 0.25) is 0 Å². The average molecular weight is 380 g/mol. The highest BCUT2D eigenvalue weighted by atomic mass is 31.1. The summed E-state index contributed by atoms with van der Waals surface area (Å²) in [5, 5.41) is 5.56. The molecule has 0 amide bonds. The Morgan fingerprint density at radius 3 is 0.962 bits per heavy atom. The largest absolute Gasteiger partial charge is 0.281 e. The molecule has 3 aromatic carbocycles. The van der Waals surface area contributed by atoms with Crippen molar-refractivity contribution >= 4 is 37.4 Å². The molecule has 26 heavy (non-hydrogen) atoms. The van der Waals surface area contributed by atoms with Crippen LogP contribution < -0.4 is 21.2 Å². The van der Waals surface area contributed by atoms with Crippen molar-refractivity contribution in [3.63, 3.8) is 0 Å². The summed E-state index contributed by atoms with van der Waals surface area (Å²) in [7, 11) is 7.71. The van der Waals surface area contributed by atoms with Gasteiger partial charge in [0.05, 0.1) is 0 Å². The van der Waals surface area contributed by atoms with E-state index in [-0.39, 0.29) is 0 Å². The molecule has 3 rings (SSSR count). The second-order valence-corrected chi connectivity index (χ2v) is 11.4. The maximum Gasteiger partial charge on any atom is 0.0275 e. The molecule has 2 atom stereocenters. The molecule has 0 fully saturated rings. The second kappa shape index (κ2) is 8.89. The highest BCUT2D eigenvalue weighted by Gasteiger charge is 2.19. The number of hydrogen-bond donors (Lipinski definition) is 0. The summed E-state index contributed by atoms with van der Waals surface area (Å²) in [4.78, 5) is 0. The maximum absolute atomic E-state index is 2.34. The molecule has 0 N–H and O–H groups in total. The van der Waals surface area contributed by atoms with Gasteiger partial charge >= 0.3 is 0 Å². The SMILES string of the molecule is CN(C)P(c1ccccc1)c1ccc(P(c2ccccc2)N(C)C)cc1. The summed E-state index contributed by atoms with van der Waals surface area (Å²) in [6, 6.07) is 30.9. The number of nitrogens with zero attached hydrogens (tertiary/aromatic N) is 2. The van der Waals surface area contributed by atoms with Crippen LogP contribution in [-0.4, -0.2) is 37.5 Å². The zero-order valence-electron chi connectivity index (χ0n) is 15.9. The van der Waals surface area contributed by atoms with E-state index in [1.54, 1.807) is 0 Å². The molecule has 0 saturated heterocycles. The lowest BCUT2D eigenvalue weighted by Crippen LogP contribution is -2.26. The van der Waals surface area contributed by atoms with Crippen LogP contribution in [0, 0.1) is 0 Å². The van der Waals surface area contributed by atoms with Crippen molar-refractivity contribution in [1.29, 1.82) is 0 Å². The van der Waals surface area contributed by atoms with Crippen LogP contribution in [0.15, 0.2) is 84.9 Å². The van der Waals surface area contributed by atoms with Crippen molar-refractivity contribution in [3.8, 4) is 0 Å². The lowest BCUT2D eigenvalue weighted by Gasteiger charge is -2.28. The zero-order chi connectivity index (χ0) is 18.5. The third kappa shape index (κ3) is 4.40. The molecule has 0 spiro atoms. The molecule has 0 aliphatic rings. The Morgan fingerprint density at radius 1 is 0.423 bits per heavy atom. The van der Waals surface area contributed by atoms with Gasteiger partial charge in [0.1, 0.15) is 0 Å². The fourth-order valence-electron chi connectivity index (χ4n) is 3.10. The van der Waals surface area contributed by atoms with Gasteiger partial charge in [-0.3, -0.25) is 9.34 Å². The van der Waals surface area contributed by atoms with E-state index in [0.29, 0.717) is 0 Å². The first-order chi connectivity index (χ1) is 12.6. The Hall–Kier alpha value is -1.56. The average Bonchev–Trinajstić information content (AvgIpc) is 2.65. The van der Waals surface area contributed by atoms with Gasteiger partial charge in [-0.1, -0.05) is 84.9 Å². The molecule has 0 aliphatic carbocycles. The Balaban J connectivity index is 1.94. The standard InChI is InChI=1S/C22H26N2P2/c1-23(2)25(19-11-7-5-8-12-19)21-15-17-22(18-16-21)26(24(3)4)20-13-9-6-10-14-20/h5-18H,1-4H3. The molecule has 4 heteroatoms. The minimum atomic E-state index is -0.484. The molecular formula is C22H26N2P2. The molecule has 0 radical (unpaired) electrons. The van der Waals surface area contributed by atoms with Crippen LogP contribution in [-0.2, 0) is 0 Å². The van der Waals surface area contributed by atoms with E-state index < -0.39 is 16.1 Å². The van der Waals surface area contributed by atoms with Crippen molar-refractivity contribution in [2.45, 2.75) is 0 Å². The lowest BCUT2D eigenvalue weighted by molar-refractivity contribution is 0.689. The monoisotopic (exact) mass is 380 g/mol. The van der Waals surface area contributed by atoms with Gasteiger partial charge in [-0.25, -0.2) is 0 Å². The van der Waals surface area contributed by atoms with Gasteiger partial charge < -0.3 is 0 Å². The van der Waals surface area contributed by atoms with E-state index >= 15 is 0 Å². The molecule has 2 unspecified atom stereocenters. The van der Waals surface area contributed by atoms with Crippen LogP contribution in [0.25, 0.3) is 0 Å². The minimum Gasteiger partial charge on any atom is -0.281 e. The topological polar surface area (TPSA) is 6.48 Å². The molecule has 0 saturated carbocycles. The first kappa shape index (κ1) is 19.2. The van der Waals surface area contributed by atoms with Gasteiger partial charge in [-0.15, -0.1) is 0 Å². The van der Waals surface area contributed by atoms with Crippen LogP contribution >= 0.6 is 16.1 Å². The van der Waals surface area contributed by atoms with Crippen molar-refractivity contribution in [2.24, 2.45) is 0 Å². The van der Waals surface area contributed by atoms with Crippen LogP contribution in [0.4, 0.5) is 0 Å². The van der Waals surface area contributed by atoms with E-state index in [2.05, 4.69) is 122 Å². The third-order valence-corrected chi connectivity index (χ3v) is 8.89. The summed E-state index contributed by atoms with van der Waals surface area (Å²) < 4.78 is 4.68. The molecule has 0 aromatic heterocycles. The van der Waals surface area contributed by atoms with E-state index in [4.69, 9.17) is 0 Å². The van der Waals surface area contributed by atoms with Gasteiger partial charge in [-0.05, 0) is 49.4 Å². The fourth-order valence-corrected chi connectivity index (χ4v) is 7.31. The summed E-state index contributed by atoms with van der Waals surface area (Å²) in [6.07, 6.45) is 0. The van der Waals surface area contributed by atoms with E-state index in [0.717, 1.165) is 0 Å². The molecule has 0 heterocycles. The molecule has 2 nitrogen and oxygen atoms in total. The molecule has 0 aliphatic heterocycles. The highest BCUT2D eigenvalue weighted by molar-refractivity contribution is 7.71. The summed E-state index contributed by atoms with van der Waals surface area (Å²) >= 11 is 0. The Bertz CT molecular complexity index is 732. The predicted molar refractivity (Wildman–Crippen MR) is 119 cm³/mol. The van der Waals surface area contributed by atoms with Gasteiger partial charge in [0.15, 0.2) is 0 Å². The van der Waals surface area contributed by atoms with Gasteiger partial charge in [-0.2, -0.15) is 0 Å². The summed E-state index contributed by atoms with van der Waals surface area (Å²) in [5.41, 5.74) is 0. The molecular weight excluding hydrogens is 354 g/mol. The van der Waals surface area contributed by atoms with Crippen molar-refractivity contribution in [1.82, 2.24) is 9.34 Å². The smallest absolute Gasteiger partial charge is 0.0275 e. The van der Waals surface area contributed by atoms with E-state index in [1.807, 2.05) is 0 Å². The van der Waals surface area contributed by atoms with Crippen molar-refractivity contribution in [3.05, 3.63) is 84.9 Å². The first-order valence-electron chi connectivity index (χ1n) is 8.73. The Labute approximate surface area is 160 Å². The third-order valence-electron chi connectivity index (χ3n) is 4.14. The molecule has 0 bridgehead atoms. The minimum absolute atomic E-state index is 0.484. The quantitative estimate of drug-likeness (QED) is 0.604. The van der Waals surface area contributed by atoms with Gasteiger partial charge in [0, 0.05) is 16.1 Å². The van der Waals surface area contributed by atoms with E-state index in [9.17, 15) is 0 Å². The molecule has 134 valence electrons. The fraction of sp³-hybridized carbons (Fsp3) is 0.182. The van der Waals surface area contributed by atoms with Crippen molar-refractivity contribution < 1.29 is 0 Å². The van der Waals surface area contributed by atoms with Gasteiger partial charge in [0.2, 0.25) is 0 Å².